The number of rotatable bonds is 4. The largest absolute Gasteiger partial charge is 0.478 e. The second-order valence-corrected chi connectivity index (χ2v) is 4.39. The summed E-state index contributed by atoms with van der Waals surface area (Å²) >= 11 is 0. The molecule has 0 radical (unpaired) electrons. The number of carbonyl (C=O) groups is 2. The van der Waals surface area contributed by atoms with E-state index in [9.17, 15) is 9.59 Å². The Morgan fingerprint density at radius 3 is 2.59 bits per heavy atom. The molecule has 1 fully saturated rings. The van der Waals surface area contributed by atoms with Crippen molar-refractivity contribution in [3.05, 3.63) is 35.4 Å². The van der Waals surface area contributed by atoms with E-state index in [4.69, 9.17) is 5.11 Å². The van der Waals surface area contributed by atoms with E-state index in [0.29, 0.717) is 18.0 Å². The molecule has 0 unspecified atom stereocenters. The summed E-state index contributed by atoms with van der Waals surface area (Å²) in [5.74, 6) is -0.611. The van der Waals surface area contributed by atoms with Crippen molar-refractivity contribution < 1.29 is 14.7 Å². The zero-order chi connectivity index (χ0) is 12.3. The van der Waals surface area contributed by atoms with Crippen molar-refractivity contribution in [2.45, 2.75) is 19.3 Å². The Balaban J connectivity index is 1.97. The van der Waals surface area contributed by atoms with Gasteiger partial charge in [0.05, 0.1) is 5.56 Å². The van der Waals surface area contributed by atoms with E-state index in [0.717, 1.165) is 0 Å². The Bertz CT molecular complexity index is 438. The molecule has 2 rings (SSSR count). The Morgan fingerprint density at radius 1 is 1.29 bits per heavy atom. The number of benzene rings is 1. The van der Waals surface area contributed by atoms with Crippen LogP contribution in [0.4, 0.5) is 0 Å². The van der Waals surface area contributed by atoms with Crippen molar-refractivity contribution in [1.82, 2.24) is 5.32 Å². The lowest BCUT2D eigenvalue weighted by atomic mass is 9.85. The van der Waals surface area contributed by atoms with Gasteiger partial charge in [0.15, 0.2) is 0 Å². The monoisotopic (exact) mass is 233 g/mol. The molecule has 0 bridgehead atoms. The molecule has 1 aromatic rings. The number of aromatic carboxylic acids is 1. The minimum absolute atomic E-state index is 0.140. The van der Waals surface area contributed by atoms with Crippen molar-refractivity contribution >= 4 is 11.9 Å². The summed E-state index contributed by atoms with van der Waals surface area (Å²) in [6, 6.07) is 6.09. The number of carboxylic acid groups (broad SMARTS) is 1. The third-order valence-electron chi connectivity index (χ3n) is 3.15. The highest BCUT2D eigenvalue weighted by Gasteiger charge is 2.18. The van der Waals surface area contributed by atoms with Crippen LogP contribution in [-0.2, 0) is 0 Å². The van der Waals surface area contributed by atoms with Gasteiger partial charge in [0.1, 0.15) is 0 Å². The highest BCUT2D eigenvalue weighted by atomic mass is 16.4. The van der Waals surface area contributed by atoms with Crippen molar-refractivity contribution in [2.24, 2.45) is 5.92 Å². The van der Waals surface area contributed by atoms with Gasteiger partial charge in [0, 0.05) is 12.1 Å². The fourth-order valence-corrected chi connectivity index (χ4v) is 1.83. The van der Waals surface area contributed by atoms with Gasteiger partial charge in [0.2, 0.25) is 0 Å². The molecule has 0 heterocycles. The fraction of sp³-hybridized carbons (Fsp3) is 0.385. The third kappa shape index (κ3) is 2.84. The minimum atomic E-state index is -1.02. The number of hydrogen-bond acceptors (Lipinski definition) is 2. The molecule has 2 N–H and O–H groups in total. The number of amides is 1. The Morgan fingerprint density at radius 2 is 2.00 bits per heavy atom. The van der Waals surface area contributed by atoms with E-state index in [-0.39, 0.29) is 11.5 Å². The zero-order valence-electron chi connectivity index (χ0n) is 9.48. The summed E-state index contributed by atoms with van der Waals surface area (Å²) in [4.78, 5) is 22.5. The second kappa shape index (κ2) is 4.99. The molecule has 0 aromatic heterocycles. The van der Waals surface area contributed by atoms with Crippen LogP contribution in [0.25, 0.3) is 0 Å². The van der Waals surface area contributed by atoms with Gasteiger partial charge >= 0.3 is 5.97 Å². The summed E-state index contributed by atoms with van der Waals surface area (Å²) < 4.78 is 0. The van der Waals surface area contributed by atoms with Gasteiger partial charge in [-0.1, -0.05) is 12.5 Å². The molecule has 0 saturated heterocycles. The predicted molar refractivity (Wildman–Crippen MR) is 63.1 cm³/mol. The first-order valence-corrected chi connectivity index (χ1v) is 5.78. The molecule has 1 amide bonds. The van der Waals surface area contributed by atoms with E-state index in [2.05, 4.69) is 5.32 Å². The molecule has 1 aromatic carbocycles. The third-order valence-corrected chi connectivity index (χ3v) is 3.15. The van der Waals surface area contributed by atoms with Crippen LogP contribution in [0.15, 0.2) is 24.3 Å². The maximum atomic E-state index is 11.8. The van der Waals surface area contributed by atoms with Crippen molar-refractivity contribution in [3.8, 4) is 0 Å². The maximum absolute atomic E-state index is 11.8. The highest BCUT2D eigenvalue weighted by Crippen LogP contribution is 2.25. The quantitative estimate of drug-likeness (QED) is 0.834. The first-order valence-electron chi connectivity index (χ1n) is 5.78. The van der Waals surface area contributed by atoms with E-state index in [1.54, 1.807) is 12.1 Å². The van der Waals surface area contributed by atoms with Crippen LogP contribution >= 0.6 is 0 Å². The molecule has 0 atom stereocenters. The van der Waals surface area contributed by atoms with Crippen LogP contribution in [0.5, 0.6) is 0 Å². The highest BCUT2D eigenvalue weighted by molar-refractivity contribution is 5.97. The average molecular weight is 233 g/mol. The molecule has 0 spiro atoms. The zero-order valence-corrected chi connectivity index (χ0v) is 9.48. The molecule has 1 aliphatic rings. The van der Waals surface area contributed by atoms with Crippen LogP contribution in [0.1, 0.15) is 40.0 Å². The van der Waals surface area contributed by atoms with Gasteiger partial charge < -0.3 is 10.4 Å². The molecular formula is C13H15NO3. The first kappa shape index (κ1) is 11.6. The van der Waals surface area contributed by atoms with Crippen LogP contribution < -0.4 is 5.32 Å². The summed E-state index contributed by atoms with van der Waals surface area (Å²) in [6.45, 7) is 0.691. The Labute approximate surface area is 99.6 Å². The predicted octanol–water partition coefficient (Wildman–Crippen LogP) is 1.91. The lowest BCUT2D eigenvalue weighted by molar-refractivity contribution is 0.0697. The van der Waals surface area contributed by atoms with E-state index < -0.39 is 5.97 Å². The van der Waals surface area contributed by atoms with E-state index in [1.165, 1.54) is 31.4 Å². The number of carbonyl (C=O) groups excluding carboxylic acids is 1. The topological polar surface area (TPSA) is 66.4 Å². The molecule has 1 saturated carbocycles. The Hall–Kier alpha value is -1.84. The normalized spacial score (nSPS) is 15.1. The summed E-state index contributed by atoms with van der Waals surface area (Å²) in [5.41, 5.74) is 0.547. The minimum Gasteiger partial charge on any atom is -0.478 e. The van der Waals surface area contributed by atoms with Crippen LogP contribution in [0.3, 0.4) is 0 Å². The summed E-state index contributed by atoms with van der Waals surface area (Å²) in [5, 5.41) is 11.7. The van der Waals surface area contributed by atoms with Gasteiger partial charge in [-0.3, -0.25) is 4.79 Å². The lowest BCUT2D eigenvalue weighted by Gasteiger charge is -2.25. The maximum Gasteiger partial charge on any atom is 0.335 e. The van der Waals surface area contributed by atoms with Gasteiger partial charge in [0.25, 0.3) is 5.91 Å². The summed E-state index contributed by atoms with van der Waals surface area (Å²) in [7, 11) is 0. The number of carboxylic acids is 1. The van der Waals surface area contributed by atoms with Crippen LogP contribution in [0.2, 0.25) is 0 Å². The molecule has 4 heteroatoms. The SMILES string of the molecule is O=C(O)c1cccc(C(=O)NCC2CCC2)c1. The fourth-order valence-electron chi connectivity index (χ4n) is 1.83. The number of nitrogens with one attached hydrogen (secondary N) is 1. The Kier molecular flexibility index (Phi) is 3.42. The average Bonchev–Trinajstić information content (AvgIpc) is 2.27. The van der Waals surface area contributed by atoms with Crippen LogP contribution in [-0.4, -0.2) is 23.5 Å². The standard InChI is InChI=1S/C13H15NO3/c15-12(14-8-9-3-1-4-9)10-5-2-6-11(7-10)13(16)17/h2,5-7,9H,1,3-4,8H2,(H,14,15)(H,16,17). The smallest absolute Gasteiger partial charge is 0.335 e. The first-order chi connectivity index (χ1) is 8.16. The molecular weight excluding hydrogens is 218 g/mol. The van der Waals surface area contributed by atoms with E-state index >= 15 is 0 Å². The molecule has 0 aliphatic heterocycles. The molecule has 4 nitrogen and oxygen atoms in total. The summed E-state index contributed by atoms with van der Waals surface area (Å²) in [6.07, 6.45) is 3.60. The van der Waals surface area contributed by atoms with Gasteiger partial charge in [-0.25, -0.2) is 4.79 Å². The van der Waals surface area contributed by atoms with Crippen LogP contribution in [0, 0.1) is 5.92 Å². The van der Waals surface area contributed by atoms with Crippen molar-refractivity contribution in [2.75, 3.05) is 6.54 Å². The van der Waals surface area contributed by atoms with Gasteiger partial charge in [-0.2, -0.15) is 0 Å². The molecule has 90 valence electrons. The molecule has 1 aliphatic carbocycles. The van der Waals surface area contributed by atoms with E-state index in [1.807, 2.05) is 0 Å². The number of hydrogen-bond donors (Lipinski definition) is 2. The van der Waals surface area contributed by atoms with Crippen molar-refractivity contribution in [1.29, 1.82) is 0 Å². The van der Waals surface area contributed by atoms with Gasteiger partial charge in [-0.05, 0) is 37.0 Å². The van der Waals surface area contributed by atoms with Crippen molar-refractivity contribution in [3.63, 3.8) is 0 Å². The molecule has 17 heavy (non-hydrogen) atoms. The van der Waals surface area contributed by atoms with Gasteiger partial charge in [-0.15, -0.1) is 0 Å². The second-order valence-electron chi connectivity index (χ2n) is 4.39. The lowest BCUT2D eigenvalue weighted by Crippen LogP contribution is -2.32.